The smallest absolute Gasteiger partial charge is 0.389 e. The summed E-state index contributed by atoms with van der Waals surface area (Å²) in [5.74, 6) is -0.465. The highest BCUT2D eigenvalue weighted by Gasteiger charge is 2.28. The lowest BCUT2D eigenvalue weighted by Crippen LogP contribution is -2.16. The average molecular weight is 416 g/mol. The van der Waals surface area contributed by atoms with E-state index in [2.05, 4.69) is 26.0 Å². The minimum absolute atomic E-state index is 0.0934. The Morgan fingerprint density at radius 1 is 1.12 bits per heavy atom. The van der Waals surface area contributed by atoms with E-state index in [1.807, 2.05) is 0 Å². The number of halogens is 4. The zero-order chi connectivity index (χ0) is 18.4. The Hall–Kier alpha value is -2.02. The second-order valence-electron chi connectivity index (χ2n) is 5.47. The third kappa shape index (κ3) is 6.08. The van der Waals surface area contributed by atoms with Crippen LogP contribution >= 0.6 is 15.9 Å². The first kappa shape index (κ1) is 19.3. The van der Waals surface area contributed by atoms with Gasteiger partial charge in [0.25, 0.3) is 0 Å². The normalized spacial score (nSPS) is 12.5. The molecular weight excluding hydrogens is 399 g/mol. The average Bonchev–Trinajstić information content (AvgIpc) is 2.58. The molecule has 3 nitrogen and oxygen atoms in total. The number of anilines is 1. The molecule has 2 rings (SSSR count). The zero-order valence-electron chi connectivity index (χ0n) is 13.4. The predicted octanol–water partition coefficient (Wildman–Crippen LogP) is 5.73. The lowest BCUT2D eigenvalue weighted by Gasteiger charge is -2.21. The maximum Gasteiger partial charge on any atom is 0.389 e. The number of hydrogen-bond acceptors (Lipinski definition) is 3. The minimum Gasteiger partial charge on any atom is -0.465 e. The van der Waals surface area contributed by atoms with Gasteiger partial charge in [0, 0.05) is 16.6 Å². The summed E-state index contributed by atoms with van der Waals surface area (Å²) in [5, 5.41) is 3.10. The molecule has 0 heterocycles. The van der Waals surface area contributed by atoms with E-state index in [1.165, 1.54) is 7.11 Å². The van der Waals surface area contributed by atoms with Gasteiger partial charge in [-0.3, -0.25) is 0 Å². The van der Waals surface area contributed by atoms with Crippen molar-refractivity contribution in [3.63, 3.8) is 0 Å². The second-order valence-corrected chi connectivity index (χ2v) is 6.39. The van der Waals surface area contributed by atoms with Crippen LogP contribution in [-0.2, 0) is 4.74 Å². The van der Waals surface area contributed by atoms with Crippen LogP contribution in [0.1, 0.15) is 34.8 Å². The number of hydrogen-bond donors (Lipinski definition) is 1. The number of carbonyl (C=O) groups is 1. The van der Waals surface area contributed by atoms with Crippen LogP contribution in [0.4, 0.5) is 18.9 Å². The quantitative estimate of drug-likeness (QED) is 0.612. The van der Waals surface area contributed by atoms with E-state index in [9.17, 15) is 18.0 Å². The molecule has 7 heteroatoms. The van der Waals surface area contributed by atoms with Gasteiger partial charge < -0.3 is 10.1 Å². The van der Waals surface area contributed by atoms with Crippen LogP contribution in [0.25, 0.3) is 0 Å². The molecule has 0 radical (unpaired) electrons. The largest absolute Gasteiger partial charge is 0.465 e. The summed E-state index contributed by atoms with van der Waals surface area (Å²) in [7, 11) is 1.29. The number of methoxy groups -OCH3 is 1. The van der Waals surface area contributed by atoms with Crippen LogP contribution in [0.15, 0.2) is 53.0 Å². The monoisotopic (exact) mass is 415 g/mol. The van der Waals surface area contributed by atoms with E-state index in [0.29, 0.717) is 11.3 Å². The Morgan fingerprint density at radius 2 is 1.72 bits per heavy atom. The van der Waals surface area contributed by atoms with Gasteiger partial charge in [0.1, 0.15) is 0 Å². The van der Waals surface area contributed by atoms with Gasteiger partial charge in [-0.2, -0.15) is 13.2 Å². The lowest BCUT2D eigenvalue weighted by atomic mass is 10.0. The van der Waals surface area contributed by atoms with Gasteiger partial charge in [-0.05, 0) is 48.4 Å². The number of ether oxygens (including phenoxy) is 1. The summed E-state index contributed by atoms with van der Waals surface area (Å²) in [6, 6.07) is 13.1. The zero-order valence-corrected chi connectivity index (χ0v) is 15.0. The number of carbonyl (C=O) groups excluding carboxylic acids is 1. The fraction of sp³-hybridized carbons (Fsp3) is 0.278. The van der Waals surface area contributed by atoms with Crippen LogP contribution in [0.2, 0.25) is 0 Å². The van der Waals surface area contributed by atoms with Crippen molar-refractivity contribution in [2.45, 2.75) is 25.1 Å². The van der Waals surface area contributed by atoms with Crippen molar-refractivity contribution in [1.29, 1.82) is 0 Å². The van der Waals surface area contributed by atoms with Crippen molar-refractivity contribution < 1.29 is 22.7 Å². The fourth-order valence-electron chi connectivity index (χ4n) is 2.35. The topological polar surface area (TPSA) is 38.3 Å². The molecule has 0 aliphatic heterocycles. The summed E-state index contributed by atoms with van der Waals surface area (Å²) >= 11 is 3.32. The predicted molar refractivity (Wildman–Crippen MR) is 93.6 cm³/mol. The van der Waals surface area contributed by atoms with Gasteiger partial charge in [0.2, 0.25) is 0 Å². The molecule has 0 amide bonds. The lowest BCUT2D eigenvalue weighted by molar-refractivity contribution is -0.136. The highest BCUT2D eigenvalue weighted by atomic mass is 79.9. The molecule has 1 atom stereocenters. The standard InChI is InChI=1S/C18H17BrF3NO2/c1-25-17(24)13-4-8-15(9-5-13)23-16(10-11-18(20,21)22)12-2-6-14(19)7-3-12/h2-9,16,23H,10-11H2,1H3. The molecule has 0 aromatic heterocycles. The van der Waals surface area contributed by atoms with Crippen molar-refractivity contribution in [1.82, 2.24) is 0 Å². The summed E-state index contributed by atoms with van der Waals surface area (Å²) in [6.07, 6.45) is -5.20. The van der Waals surface area contributed by atoms with Gasteiger partial charge in [-0.15, -0.1) is 0 Å². The Balaban J connectivity index is 2.17. The highest BCUT2D eigenvalue weighted by Crippen LogP contribution is 2.30. The summed E-state index contributed by atoms with van der Waals surface area (Å²) in [6.45, 7) is 0. The summed E-state index contributed by atoms with van der Waals surface area (Å²) < 4.78 is 43.4. The van der Waals surface area contributed by atoms with Crippen molar-refractivity contribution >= 4 is 27.6 Å². The fourth-order valence-corrected chi connectivity index (χ4v) is 2.61. The number of esters is 1. The molecular formula is C18H17BrF3NO2. The molecule has 25 heavy (non-hydrogen) atoms. The van der Waals surface area contributed by atoms with Gasteiger partial charge in [-0.25, -0.2) is 4.79 Å². The van der Waals surface area contributed by atoms with Crippen LogP contribution in [0.5, 0.6) is 0 Å². The molecule has 0 aliphatic rings. The van der Waals surface area contributed by atoms with E-state index >= 15 is 0 Å². The molecule has 0 fully saturated rings. The van der Waals surface area contributed by atoms with E-state index in [4.69, 9.17) is 0 Å². The first-order valence-corrected chi connectivity index (χ1v) is 8.35. The highest BCUT2D eigenvalue weighted by molar-refractivity contribution is 9.10. The molecule has 2 aromatic carbocycles. The van der Waals surface area contributed by atoms with Gasteiger partial charge in [0.05, 0.1) is 18.7 Å². The van der Waals surface area contributed by atoms with Gasteiger partial charge in [-0.1, -0.05) is 28.1 Å². The second kappa shape index (κ2) is 8.38. The number of rotatable bonds is 6. The molecule has 0 bridgehead atoms. The molecule has 1 N–H and O–H groups in total. The van der Waals surface area contributed by atoms with Crippen molar-refractivity contribution in [3.05, 3.63) is 64.1 Å². The maximum atomic E-state index is 12.6. The summed E-state index contributed by atoms with van der Waals surface area (Å²) in [4.78, 5) is 11.4. The summed E-state index contributed by atoms with van der Waals surface area (Å²) in [5.41, 5.74) is 1.76. The van der Waals surface area contributed by atoms with Crippen LogP contribution < -0.4 is 5.32 Å². The first-order valence-electron chi connectivity index (χ1n) is 7.55. The molecule has 134 valence electrons. The van der Waals surface area contributed by atoms with Crippen molar-refractivity contribution in [2.24, 2.45) is 0 Å². The third-order valence-corrected chi connectivity index (χ3v) is 4.16. The maximum absolute atomic E-state index is 12.6. The Kier molecular flexibility index (Phi) is 6.47. The Morgan fingerprint density at radius 3 is 2.24 bits per heavy atom. The van der Waals surface area contributed by atoms with E-state index < -0.39 is 24.6 Å². The Bertz CT molecular complexity index is 700. The molecule has 0 spiro atoms. The van der Waals surface area contributed by atoms with Gasteiger partial charge in [0.15, 0.2) is 0 Å². The molecule has 0 saturated carbocycles. The van der Waals surface area contributed by atoms with Gasteiger partial charge >= 0.3 is 12.1 Å². The molecule has 0 saturated heterocycles. The number of benzene rings is 2. The Labute approximate surface area is 152 Å². The van der Waals surface area contributed by atoms with Crippen LogP contribution in [0, 0.1) is 0 Å². The van der Waals surface area contributed by atoms with E-state index in [0.717, 1.165) is 10.0 Å². The number of nitrogens with one attached hydrogen (secondary N) is 1. The minimum atomic E-state index is -4.22. The van der Waals surface area contributed by atoms with Crippen LogP contribution in [-0.4, -0.2) is 19.3 Å². The molecule has 1 unspecified atom stereocenters. The van der Waals surface area contributed by atoms with Crippen LogP contribution in [0.3, 0.4) is 0 Å². The third-order valence-electron chi connectivity index (χ3n) is 3.64. The first-order chi connectivity index (χ1) is 11.8. The number of alkyl halides is 3. The van der Waals surface area contributed by atoms with Crippen molar-refractivity contribution in [3.8, 4) is 0 Å². The van der Waals surface area contributed by atoms with Crippen molar-refractivity contribution in [2.75, 3.05) is 12.4 Å². The SMILES string of the molecule is COC(=O)c1ccc(NC(CCC(F)(F)F)c2ccc(Br)cc2)cc1. The van der Waals surface area contributed by atoms with E-state index in [1.54, 1.807) is 48.5 Å². The molecule has 2 aromatic rings. The molecule has 0 aliphatic carbocycles. The van der Waals surface area contributed by atoms with E-state index in [-0.39, 0.29) is 6.42 Å².